The average Bonchev–Trinajstić information content (AvgIpc) is 2.79. The van der Waals surface area contributed by atoms with Crippen molar-refractivity contribution in [1.82, 2.24) is 0 Å². The third-order valence-electron chi connectivity index (χ3n) is 4.81. The van der Waals surface area contributed by atoms with Crippen LogP contribution in [0.2, 0.25) is 0 Å². The smallest absolute Gasteiger partial charge is 0.189 e. The quantitative estimate of drug-likeness (QED) is 0.326. The molecule has 0 radical (unpaired) electrons. The molecular weight excluding hydrogens is 435 g/mol. The fourth-order valence-electron chi connectivity index (χ4n) is 3.45. The molecule has 0 aromatic heterocycles. The molecule has 0 saturated carbocycles. The fourth-order valence-corrected chi connectivity index (χ4v) is 6.91. The van der Waals surface area contributed by atoms with E-state index in [4.69, 9.17) is 0 Å². The molecule has 29 heavy (non-hydrogen) atoms. The second-order valence-corrected chi connectivity index (χ2v) is 9.74. The van der Waals surface area contributed by atoms with Crippen LogP contribution in [0.15, 0.2) is 121 Å². The number of benzene rings is 4. The topological polar surface area (TPSA) is 0 Å². The molecule has 0 saturated heterocycles. The first kappa shape index (κ1) is 21.1. The summed E-state index contributed by atoms with van der Waals surface area (Å²) < 4.78 is 0. The van der Waals surface area contributed by atoms with Gasteiger partial charge < -0.3 is 17.0 Å². The van der Waals surface area contributed by atoms with Crippen LogP contribution in [-0.2, 0) is 6.42 Å². The van der Waals surface area contributed by atoms with Gasteiger partial charge in [0.1, 0.15) is 15.9 Å². The van der Waals surface area contributed by atoms with Crippen LogP contribution >= 0.6 is 7.26 Å². The summed E-state index contributed by atoms with van der Waals surface area (Å²) in [6.45, 7) is 0. The molecule has 142 valence electrons. The number of rotatable bonds is 4. The molecule has 0 nitrogen and oxygen atoms in total. The second-order valence-electron chi connectivity index (χ2n) is 6.63. The zero-order valence-electron chi connectivity index (χ0n) is 16.1. The van der Waals surface area contributed by atoms with E-state index in [9.17, 15) is 0 Å². The second kappa shape index (κ2) is 10.2. The van der Waals surface area contributed by atoms with Crippen molar-refractivity contribution in [2.45, 2.75) is 6.42 Å². The molecule has 2 heteroatoms. The third-order valence-corrected chi connectivity index (χ3v) is 8.52. The van der Waals surface area contributed by atoms with Gasteiger partial charge in [-0.15, -0.1) is 0 Å². The van der Waals surface area contributed by atoms with Crippen LogP contribution in [0.1, 0.15) is 5.56 Å². The summed E-state index contributed by atoms with van der Waals surface area (Å²) in [6.07, 6.45) is 0.759. The molecule has 0 aliphatic heterocycles. The Hall–Kier alpha value is -2.65. The highest BCUT2D eigenvalue weighted by Crippen LogP contribution is 2.54. The van der Waals surface area contributed by atoms with E-state index in [1.807, 2.05) is 6.07 Å². The molecule has 4 aromatic carbocycles. The summed E-state index contributed by atoms with van der Waals surface area (Å²) >= 11 is 0. The van der Waals surface area contributed by atoms with E-state index in [1.54, 1.807) is 0 Å². The summed E-state index contributed by atoms with van der Waals surface area (Å²) in [4.78, 5) is 0. The minimum Gasteiger partial charge on any atom is -1.00 e. The Kier molecular flexibility index (Phi) is 7.42. The zero-order chi connectivity index (χ0) is 19.1. The molecule has 0 aliphatic rings. The molecule has 0 amide bonds. The van der Waals surface area contributed by atoms with Crippen molar-refractivity contribution in [3.8, 4) is 11.6 Å². The van der Waals surface area contributed by atoms with Gasteiger partial charge in [0, 0.05) is 6.42 Å². The molecule has 0 heterocycles. The van der Waals surface area contributed by atoms with Gasteiger partial charge in [-0.3, -0.25) is 0 Å². The minimum atomic E-state index is -2.05. The first-order valence-corrected chi connectivity index (χ1v) is 11.3. The van der Waals surface area contributed by atoms with Crippen LogP contribution in [0.25, 0.3) is 0 Å². The Morgan fingerprint density at radius 1 is 0.483 bits per heavy atom. The number of halogens is 1. The van der Waals surface area contributed by atoms with Crippen LogP contribution in [0.4, 0.5) is 0 Å². The average molecular weight is 457 g/mol. The van der Waals surface area contributed by atoms with Crippen molar-refractivity contribution in [1.29, 1.82) is 0 Å². The van der Waals surface area contributed by atoms with Crippen LogP contribution < -0.4 is 32.9 Å². The van der Waals surface area contributed by atoms with E-state index in [-0.39, 0.29) is 17.0 Å². The monoisotopic (exact) mass is 456 g/mol. The Bertz CT molecular complexity index is 970. The lowest BCUT2D eigenvalue weighted by Gasteiger charge is -2.21. The van der Waals surface area contributed by atoms with Gasteiger partial charge in [-0.05, 0) is 42.0 Å². The normalized spacial score (nSPS) is 10.3. The summed E-state index contributed by atoms with van der Waals surface area (Å²) in [7, 11) is -2.05. The Labute approximate surface area is 184 Å². The highest BCUT2D eigenvalue weighted by molar-refractivity contribution is 7.99. The van der Waals surface area contributed by atoms with Crippen LogP contribution in [0, 0.1) is 11.6 Å². The molecule has 0 bridgehead atoms. The highest BCUT2D eigenvalue weighted by Gasteiger charge is 2.44. The van der Waals surface area contributed by atoms with Crippen molar-refractivity contribution >= 4 is 23.2 Å². The number of hydrogen-bond acceptors (Lipinski definition) is 0. The van der Waals surface area contributed by atoms with Crippen molar-refractivity contribution in [3.05, 3.63) is 127 Å². The summed E-state index contributed by atoms with van der Waals surface area (Å²) in [5.74, 6) is 3.54. The van der Waals surface area contributed by atoms with Gasteiger partial charge in [-0.25, -0.2) is 0 Å². The van der Waals surface area contributed by atoms with Gasteiger partial charge in [-0.1, -0.05) is 90.8 Å². The van der Waals surface area contributed by atoms with Crippen LogP contribution in [0.5, 0.6) is 0 Å². The lowest BCUT2D eigenvalue weighted by Crippen LogP contribution is -3.00. The van der Waals surface area contributed by atoms with E-state index in [1.165, 1.54) is 21.5 Å². The first-order valence-electron chi connectivity index (χ1n) is 9.49. The zero-order valence-corrected chi connectivity index (χ0v) is 18.6. The molecule has 0 spiro atoms. The van der Waals surface area contributed by atoms with Crippen molar-refractivity contribution in [2.75, 3.05) is 0 Å². The third kappa shape index (κ3) is 4.68. The molecule has 0 unspecified atom stereocenters. The summed E-state index contributed by atoms with van der Waals surface area (Å²) in [6, 6.07) is 42.8. The van der Waals surface area contributed by atoms with Gasteiger partial charge in [0.15, 0.2) is 7.26 Å². The molecular formula is C27H22BrP. The first-order chi connectivity index (χ1) is 13.9. The van der Waals surface area contributed by atoms with Crippen LogP contribution in [-0.4, -0.2) is 0 Å². The standard InChI is InChI=1S/C27H22P.BrH/c1-5-14-24(15-6-1)16-13-23-28(25-17-7-2-8-18-25,26-19-9-3-10-20-26)27-21-11-4-12-22-27;/h1-12,14-15,17-22H,16H2;1H/q+1;/p-1. The van der Waals surface area contributed by atoms with Gasteiger partial charge in [0.25, 0.3) is 0 Å². The fraction of sp³-hybridized carbons (Fsp3) is 0.0370. The number of hydrogen-bond donors (Lipinski definition) is 0. The van der Waals surface area contributed by atoms with Gasteiger partial charge in [0.2, 0.25) is 0 Å². The maximum Gasteiger partial charge on any atom is 0.189 e. The van der Waals surface area contributed by atoms with E-state index >= 15 is 0 Å². The lowest BCUT2D eigenvalue weighted by atomic mass is 10.2. The summed E-state index contributed by atoms with van der Waals surface area (Å²) in [5, 5.41) is 3.90. The minimum absolute atomic E-state index is 0. The molecule has 0 N–H and O–H groups in total. The maximum atomic E-state index is 3.79. The van der Waals surface area contributed by atoms with Crippen molar-refractivity contribution < 1.29 is 17.0 Å². The van der Waals surface area contributed by atoms with E-state index in [0.717, 1.165) is 6.42 Å². The Morgan fingerprint density at radius 2 is 0.828 bits per heavy atom. The van der Waals surface area contributed by atoms with E-state index < -0.39 is 7.26 Å². The highest BCUT2D eigenvalue weighted by atomic mass is 79.9. The van der Waals surface area contributed by atoms with Gasteiger partial charge in [0.05, 0.1) is 5.66 Å². The van der Waals surface area contributed by atoms with Gasteiger partial charge in [-0.2, -0.15) is 0 Å². The molecule has 4 rings (SSSR count). The summed E-state index contributed by atoms with van der Waals surface area (Å²) in [5.41, 5.74) is 5.04. The SMILES string of the molecule is C(#C[P+](c1ccccc1)(c1ccccc1)c1ccccc1)Cc1ccccc1.[Br-]. The Balaban J connectivity index is 0.00000240. The molecule has 0 atom stereocenters. The van der Waals surface area contributed by atoms with E-state index in [2.05, 4.69) is 127 Å². The van der Waals surface area contributed by atoms with Crippen molar-refractivity contribution in [2.24, 2.45) is 0 Å². The van der Waals surface area contributed by atoms with Crippen LogP contribution in [0.3, 0.4) is 0 Å². The predicted molar refractivity (Wildman–Crippen MR) is 123 cm³/mol. The molecule has 0 aliphatic carbocycles. The lowest BCUT2D eigenvalue weighted by molar-refractivity contribution is -0.00000536. The maximum absolute atomic E-state index is 3.79. The van der Waals surface area contributed by atoms with E-state index in [0.29, 0.717) is 0 Å². The molecule has 0 fully saturated rings. The predicted octanol–water partition coefficient (Wildman–Crippen LogP) is 2.19. The largest absolute Gasteiger partial charge is 1.00 e. The van der Waals surface area contributed by atoms with Crippen molar-refractivity contribution in [3.63, 3.8) is 0 Å². The molecule has 4 aromatic rings. The van der Waals surface area contributed by atoms with Gasteiger partial charge >= 0.3 is 0 Å². The Morgan fingerprint density at radius 3 is 1.21 bits per heavy atom.